The first kappa shape index (κ1) is 23.5. The average Bonchev–Trinajstić information content (AvgIpc) is 3.26. The summed E-state index contributed by atoms with van der Waals surface area (Å²) in [5.74, 6) is 0.416. The molecule has 5 aromatic rings. The van der Waals surface area contributed by atoms with E-state index in [0.717, 1.165) is 37.0 Å². The number of piperidine rings is 1. The van der Waals surface area contributed by atoms with Crippen LogP contribution in [0.15, 0.2) is 78.9 Å². The molecule has 0 N–H and O–H groups in total. The first-order valence-electron chi connectivity index (χ1n) is 12.4. The molecule has 1 aliphatic rings. The molecular weight excluding hydrogens is 478 g/mol. The fourth-order valence-corrected chi connectivity index (χ4v) is 6.58. The number of hydrogen-bond donors (Lipinski definition) is 0. The lowest BCUT2D eigenvalue weighted by Gasteiger charge is -2.43. The summed E-state index contributed by atoms with van der Waals surface area (Å²) >= 11 is 1.55. The molecular formula is C31H27N3O2S. The normalized spacial score (nSPS) is 17.0. The maximum absolute atomic E-state index is 13.8. The zero-order valence-electron chi connectivity index (χ0n) is 21.3. The second-order valence-corrected chi connectivity index (χ2v) is 12.0. The highest BCUT2D eigenvalue weighted by molar-refractivity contribution is 7.25. The minimum atomic E-state index is -0.700. The zero-order valence-corrected chi connectivity index (χ0v) is 22.1. The number of carbonyl (C=O) groups excluding carboxylic acids is 2. The number of thiophene rings is 1. The van der Waals surface area contributed by atoms with E-state index in [1.54, 1.807) is 11.3 Å². The van der Waals surface area contributed by atoms with E-state index in [1.807, 2.05) is 82.3 Å². The molecule has 1 saturated heterocycles. The summed E-state index contributed by atoms with van der Waals surface area (Å²) in [5, 5.41) is 1.70. The molecule has 0 aliphatic carbocycles. The van der Waals surface area contributed by atoms with Gasteiger partial charge in [0.15, 0.2) is 11.6 Å². The number of anilines is 1. The van der Waals surface area contributed by atoms with Crippen molar-refractivity contribution < 1.29 is 9.59 Å². The largest absolute Gasteiger partial charge is 0.273 e. The number of hydrogen-bond acceptors (Lipinski definition) is 5. The second-order valence-electron chi connectivity index (χ2n) is 11.0. The zero-order chi connectivity index (χ0) is 25.9. The van der Waals surface area contributed by atoms with Crippen molar-refractivity contribution in [2.24, 2.45) is 10.8 Å². The molecule has 0 radical (unpaired) electrons. The number of amides is 2. The van der Waals surface area contributed by atoms with Crippen LogP contribution in [-0.4, -0.2) is 21.8 Å². The third kappa shape index (κ3) is 3.83. The Morgan fingerprint density at radius 1 is 0.730 bits per heavy atom. The Bertz CT molecular complexity index is 1680. The van der Waals surface area contributed by atoms with Crippen LogP contribution >= 0.6 is 11.3 Å². The van der Waals surface area contributed by atoms with Gasteiger partial charge in [0.1, 0.15) is 4.83 Å². The summed E-state index contributed by atoms with van der Waals surface area (Å²) in [4.78, 5) is 39.6. The molecule has 37 heavy (non-hydrogen) atoms. The number of benzene rings is 3. The van der Waals surface area contributed by atoms with Gasteiger partial charge in [-0.05, 0) is 29.7 Å². The molecule has 5 nitrogen and oxygen atoms in total. The minimum Gasteiger partial charge on any atom is -0.273 e. The molecule has 0 atom stereocenters. The Hall–Kier alpha value is -3.90. The Morgan fingerprint density at radius 3 is 2.08 bits per heavy atom. The van der Waals surface area contributed by atoms with Crippen LogP contribution in [0.4, 0.5) is 5.82 Å². The summed E-state index contributed by atoms with van der Waals surface area (Å²) < 4.78 is 1.04. The summed E-state index contributed by atoms with van der Waals surface area (Å²) in [6.45, 7) is 7.63. The highest BCUT2D eigenvalue weighted by atomic mass is 32.1. The van der Waals surface area contributed by atoms with Gasteiger partial charge in [-0.15, -0.1) is 11.3 Å². The Balaban J connectivity index is 1.62. The van der Waals surface area contributed by atoms with Gasteiger partial charge < -0.3 is 0 Å². The van der Waals surface area contributed by atoms with Crippen LogP contribution in [0.5, 0.6) is 0 Å². The maximum Gasteiger partial charge on any atom is 0.240 e. The third-order valence-corrected chi connectivity index (χ3v) is 8.17. The van der Waals surface area contributed by atoms with Crippen molar-refractivity contribution in [1.82, 2.24) is 9.97 Å². The molecule has 1 fully saturated rings. The molecule has 184 valence electrons. The number of imide groups is 1. The van der Waals surface area contributed by atoms with Crippen molar-refractivity contribution in [3.8, 4) is 22.5 Å². The van der Waals surface area contributed by atoms with Crippen LogP contribution in [0.25, 0.3) is 42.8 Å². The molecule has 6 rings (SSSR count). The highest BCUT2D eigenvalue weighted by Gasteiger charge is 2.51. The molecule has 2 aromatic heterocycles. The number of fused-ring (bicyclic) bond motifs is 3. The quantitative estimate of drug-likeness (QED) is 0.238. The van der Waals surface area contributed by atoms with Gasteiger partial charge in [0, 0.05) is 26.5 Å². The monoisotopic (exact) mass is 505 g/mol. The SMILES string of the molecule is CC1(C)CC(C)(C)C(=O)N(c2nc(-c3cccc(-c4ccccc4)c3)nc3sc4ccccc4c23)C1=O. The lowest BCUT2D eigenvalue weighted by atomic mass is 9.70. The van der Waals surface area contributed by atoms with Gasteiger partial charge in [-0.1, -0.05) is 94.4 Å². The van der Waals surface area contributed by atoms with E-state index in [2.05, 4.69) is 24.3 Å². The Morgan fingerprint density at radius 2 is 1.35 bits per heavy atom. The molecule has 0 saturated carbocycles. The topological polar surface area (TPSA) is 63.2 Å². The van der Waals surface area contributed by atoms with E-state index in [-0.39, 0.29) is 11.8 Å². The lowest BCUT2D eigenvalue weighted by molar-refractivity contribution is -0.143. The first-order valence-corrected chi connectivity index (χ1v) is 13.2. The maximum atomic E-state index is 13.8. The molecule has 3 heterocycles. The van der Waals surface area contributed by atoms with Crippen LogP contribution in [0.1, 0.15) is 34.1 Å². The van der Waals surface area contributed by atoms with Gasteiger partial charge in [0.2, 0.25) is 11.8 Å². The first-order chi connectivity index (χ1) is 17.7. The van der Waals surface area contributed by atoms with E-state index < -0.39 is 10.8 Å². The standard InChI is InChI=1S/C31H27N3O2S/c1-30(2)18-31(3,4)29(36)34(28(30)35)26-24-22-15-8-9-16-23(22)37-27(24)33-25(32-26)21-14-10-13-20(17-21)19-11-6-5-7-12-19/h5-17H,18H2,1-4H3. The Labute approximate surface area is 219 Å². The molecule has 0 unspecified atom stereocenters. The van der Waals surface area contributed by atoms with Gasteiger partial charge >= 0.3 is 0 Å². The van der Waals surface area contributed by atoms with Gasteiger partial charge in [-0.2, -0.15) is 0 Å². The molecule has 2 amide bonds. The number of carbonyl (C=O) groups is 2. The van der Waals surface area contributed by atoms with E-state index in [0.29, 0.717) is 18.1 Å². The summed E-state index contributed by atoms with van der Waals surface area (Å²) in [5.41, 5.74) is 1.57. The number of aromatic nitrogens is 2. The van der Waals surface area contributed by atoms with Gasteiger partial charge in [0.25, 0.3) is 0 Å². The van der Waals surface area contributed by atoms with E-state index in [9.17, 15) is 9.59 Å². The molecule has 0 bridgehead atoms. The molecule has 1 aliphatic heterocycles. The third-order valence-electron chi connectivity index (χ3n) is 7.11. The number of nitrogens with zero attached hydrogens (tertiary/aromatic N) is 3. The highest BCUT2D eigenvalue weighted by Crippen LogP contribution is 2.46. The summed E-state index contributed by atoms with van der Waals surface area (Å²) in [7, 11) is 0. The van der Waals surface area contributed by atoms with E-state index >= 15 is 0 Å². The average molecular weight is 506 g/mol. The van der Waals surface area contributed by atoms with Crippen molar-refractivity contribution in [3.63, 3.8) is 0 Å². The van der Waals surface area contributed by atoms with Gasteiger partial charge in [-0.25, -0.2) is 14.9 Å². The second kappa shape index (κ2) is 8.32. The minimum absolute atomic E-state index is 0.226. The molecule has 6 heteroatoms. The van der Waals surface area contributed by atoms with Crippen molar-refractivity contribution in [1.29, 1.82) is 0 Å². The van der Waals surface area contributed by atoms with E-state index in [1.165, 1.54) is 4.90 Å². The van der Waals surface area contributed by atoms with Crippen molar-refractivity contribution >= 4 is 49.3 Å². The van der Waals surface area contributed by atoms with Gasteiger partial charge in [0.05, 0.1) is 5.39 Å². The summed E-state index contributed by atoms with van der Waals surface area (Å²) in [6.07, 6.45) is 0.485. The molecule has 3 aromatic carbocycles. The van der Waals surface area contributed by atoms with E-state index in [4.69, 9.17) is 9.97 Å². The van der Waals surface area contributed by atoms with Gasteiger partial charge in [-0.3, -0.25) is 9.59 Å². The molecule has 0 spiro atoms. The fraction of sp³-hybridized carbons (Fsp3) is 0.226. The van der Waals surface area contributed by atoms with Crippen LogP contribution < -0.4 is 4.90 Å². The van der Waals surface area contributed by atoms with Crippen LogP contribution in [0.3, 0.4) is 0 Å². The van der Waals surface area contributed by atoms with Crippen molar-refractivity contribution in [2.45, 2.75) is 34.1 Å². The lowest BCUT2D eigenvalue weighted by Crippen LogP contribution is -2.57. The van der Waals surface area contributed by atoms with Crippen molar-refractivity contribution in [2.75, 3.05) is 4.90 Å². The predicted octanol–water partition coefficient (Wildman–Crippen LogP) is 7.49. The Kier molecular flexibility index (Phi) is 5.28. The fourth-order valence-electron chi connectivity index (χ4n) is 5.51. The number of rotatable bonds is 3. The smallest absolute Gasteiger partial charge is 0.240 e. The van der Waals surface area contributed by atoms with Crippen LogP contribution in [0, 0.1) is 10.8 Å². The predicted molar refractivity (Wildman–Crippen MR) is 150 cm³/mol. The van der Waals surface area contributed by atoms with Crippen molar-refractivity contribution in [3.05, 3.63) is 78.9 Å². The van der Waals surface area contributed by atoms with Crippen LogP contribution in [0.2, 0.25) is 0 Å². The summed E-state index contributed by atoms with van der Waals surface area (Å²) in [6, 6.07) is 26.2. The van der Waals surface area contributed by atoms with Crippen LogP contribution in [-0.2, 0) is 9.59 Å².